The summed E-state index contributed by atoms with van der Waals surface area (Å²) in [5, 5.41) is 10.2. The Morgan fingerprint density at radius 2 is 2.25 bits per heavy atom. The SMILES string of the molecule is CCCNc1ncccc1C(=O)NCc1ccn(C)n1. The zero-order valence-corrected chi connectivity index (χ0v) is 11.8. The van der Waals surface area contributed by atoms with E-state index in [2.05, 4.69) is 27.6 Å². The summed E-state index contributed by atoms with van der Waals surface area (Å²) in [5.74, 6) is 0.468. The Bertz CT molecular complexity index is 578. The maximum atomic E-state index is 12.2. The third kappa shape index (κ3) is 3.57. The van der Waals surface area contributed by atoms with Crippen molar-refractivity contribution in [3.8, 4) is 0 Å². The van der Waals surface area contributed by atoms with Crippen molar-refractivity contribution >= 4 is 11.7 Å². The molecule has 0 aliphatic heterocycles. The van der Waals surface area contributed by atoms with Crippen LogP contribution < -0.4 is 10.6 Å². The Balaban J connectivity index is 2.01. The molecule has 0 atom stereocenters. The van der Waals surface area contributed by atoms with Gasteiger partial charge in [0.15, 0.2) is 0 Å². The Morgan fingerprint density at radius 3 is 2.95 bits per heavy atom. The van der Waals surface area contributed by atoms with Gasteiger partial charge in [-0.2, -0.15) is 5.10 Å². The monoisotopic (exact) mass is 273 g/mol. The molecule has 0 aliphatic rings. The van der Waals surface area contributed by atoms with Gasteiger partial charge in [0.25, 0.3) is 5.91 Å². The van der Waals surface area contributed by atoms with Crippen molar-refractivity contribution in [1.29, 1.82) is 0 Å². The van der Waals surface area contributed by atoms with Crippen LogP contribution in [0.25, 0.3) is 0 Å². The van der Waals surface area contributed by atoms with Gasteiger partial charge in [-0.15, -0.1) is 0 Å². The minimum Gasteiger partial charge on any atom is -0.369 e. The lowest BCUT2D eigenvalue weighted by Gasteiger charge is -2.09. The summed E-state index contributed by atoms with van der Waals surface area (Å²) in [4.78, 5) is 16.4. The summed E-state index contributed by atoms with van der Waals surface area (Å²) >= 11 is 0. The van der Waals surface area contributed by atoms with Gasteiger partial charge in [-0.05, 0) is 24.6 Å². The molecule has 0 unspecified atom stereocenters. The molecule has 0 bridgehead atoms. The zero-order chi connectivity index (χ0) is 14.4. The van der Waals surface area contributed by atoms with Gasteiger partial charge in [0, 0.05) is 26.0 Å². The standard InChI is InChI=1S/C14H19N5O/c1-3-7-15-13-12(5-4-8-16-13)14(20)17-10-11-6-9-19(2)18-11/h4-6,8-9H,3,7,10H2,1-2H3,(H,15,16)(H,17,20). The van der Waals surface area contributed by atoms with Crippen LogP contribution in [0.5, 0.6) is 0 Å². The van der Waals surface area contributed by atoms with Crippen molar-refractivity contribution in [2.75, 3.05) is 11.9 Å². The van der Waals surface area contributed by atoms with E-state index in [9.17, 15) is 4.79 Å². The van der Waals surface area contributed by atoms with Crippen LogP contribution in [0.4, 0.5) is 5.82 Å². The summed E-state index contributed by atoms with van der Waals surface area (Å²) in [6.45, 7) is 3.26. The molecule has 1 amide bonds. The number of nitrogens with zero attached hydrogens (tertiary/aromatic N) is 3. The number of hydrogen-bond donors (Lipinski definition) is 2. The molecule has 0 radical (unpaired) electrons. The number of nitrogens with one attached hydrogen (secondary N) is 2. The molecule has 2 N–H and O–H groups in total. The van der Waals surface area contributed by atoms with Crippen molar-refractivity contribution in [3.63, 3.8) is 0 Å². The van der Waals surface area contributed by atoms with E-state index in [0.717, 1.165) is 18.7 Å². The highest BCUT2D eigenvalue weighted by Gasteiger charge is 2.11. The van der Waals surface area contributed by atoms with E-state index in [-0.39, 0.29) is 5.91 Å². The first-order valence-corrected chi connectivity index (χ1v) is 6.66. The summed E-state index contributed by atoms with van der Waals surface area (Å²) in [7, 11) is 1.85. The van der Waals surface area contributed by atoms with Gasteiger partial charge >= 0.3 is 0 Å². The fourth-order valence-corrected chi connectivity index (χ4v) is 1.80. The summed E-state index contributed by atoms with van der Waals surface area (Å²) in [6.07, 6.45) is 4.50. The Kier molecular flexibility index (Phi) is 4.70. The van der Waals surface area contributed by atoms with E-state index in [1.54, 1.807) is 23.0 Å². The van der Waals surface area contributed by atoms with Crippen LogP contribution in [0, 0.1) is 0 Å². The average molecular weight is 273 g/mol. The van der Waals surface area contributed by atoms with Crippen LogP contribution in [0.3, 0.4) is 0 Å². The highest BCUT2D eigenvalue weighted by atomic mass is 16.1. The predicted octanol–water partition coefficient (Wildman–Crippen LogP) is 1.57. The highest BCUT2D eigenvalue weighted by Crippen LogP contribution is 2.11. The Hall–Kier alpha value is -2.37. The molecule has 0 fully saturated rings. The fourth-order valence-electron chi connectivity index (χ4n) is 1.80. The second kappa shape index (κ2) is 6.70. The number of hydrogen-bond acceptors (Lipinski definition) is 4. The number of aromatic nitrogens is 3. The average Bonchev–Trinajstić information content (AvgIpc) is 2.88. The van der Waals surface area contributed by atoms with E-state index < -0.39 is 0 Å². The smallest absolute Gasteiger partial charge is 0.255 e. The maximum Gasteiger partial charge on any atom is 0.255 e. The predicted molar refractivity (Wildman–Crippen MR) is 77.4 cm³/mol. The molecule has 6 heteroatoms. The third-order valence-electron chi connectivity index (χ3n) is 2.79. The molecule has 106 valence electrons. The first-order valence-electron chi connectivity index (χ1n) is 6.66. The Morgan fingerprint density at radius 1 is 1.40 bits per heavy atom. The van der Waals surface area contributed by atoms with E-state index in [1.807, 2.05) is 19.3 Å². The van der Waals surface area contributed by atoms with E-state index in [0.29, 0.717) is 17.9 Å². The van der Waals surface area contributed by atoms with Crippen LogP contribution >= 0.6 is 0 Å². The number of aryl methyl sites for hydroxylation is 1. The molecule has 0 aromatic carbocycles. The van der Waals surface area contributed by atoms with Crippen LogP contribution in [0.1, 0.15) is 29.4 Å². The number of amides is 1. The lowest BCUT2D eigenvalue weighted by Crippen LogP contribution is -2.24. The second-order valence-corrected chi connectivity index (χ2v) is 4.49. The molecular formula is C14H19N5O. The molecule has 0 saturated heterocycles. The topological polar surface area (TPSA) is 71.8 Å². The lowest BCUT2D eigenvalue weighted by molar-refractivity contribution is 0.0951. The third-order valence-corrected chi connectivity index (χ3v) is 2.79. The summed E-state index contributed by atoms with van der Waals surface area (Å²) in [6, 6.07) is 5.39. The zero-order valence-electron chi connectivity index (χ0n) is 11.8. The molecular weight excluding hydrogens is 254 g/mol. The van der Waals surface area contributed by atoms with E-state index >= 15 is 0 Å². The molecule has 0 spiro atoms. The molecule has 20 heavy (non-hydrogen) atoms. The first kappa shape index (κ1) is 14.0. The van der Waals surface area contributed by atoms with Crippen LogP contribution in [0.2, 0.25) is 0 Å². The minimum absolute atomic E-state index is 0.151. The minimum atomic E-state index is -0.151. The molecule has 0 saturated carbocycles. The summed E-state index contributed by atoms with van der Waals surface area (Å²) < 4.78 is 1.71. The quantitative estimate of drug-likeness (QED) is 0.838. The van der Waals surface area contributed by atoms with Crippen molar-refractivity contribution in [2.24, 2.45) is 7.05 Å². The Labute approximate surface area is 118 Å². The number of anilines is 1. The van der Waals surface area contributed by atoms with Gasteiger partial charge in [-0.25, -0.2) is 4.98 Å². The van der Waals surface area contributed by atoms with Crippen molar-refractivity contribution in [2.45, 2.75) is 19.9 Å². The van der Waals surface area contributed by atoms with Gasteiger partial charge in [-0.1, -0.05) is 6.92 Å². The largest absolute Gasteiger partial charge is 0.369 e. The lowest BCUT2D eigenvalue weighted by atomic mass is 10.2. The first-order chi connectivity index (χ1) is 9.70. The summed E-state index contributed by atoms with van der Waals surface area (Å²) in [5.41, 5.74) is 1.38. The molecule has 2 heterocycles. The molecule has 2 rings (SSSR count). The van der Waals surface area contributed by atoms with Crippen molar-refractivity contribution in [3.05, 3.63) is 41.9 Å². The van der Waals surface area contributed by atoms with Crippen LogP contribution in [-0.4, -0.2) is 27.2 Å². The molecule has 2 aromatic heterocycles. The van der Waals surface area contributed by atoms with Gasteiger partial charge in [-0.3, -0.25) is 9.48 Å². The number of carbonyl (C=O) groups is 1. The van der Waals surface area contributed by atoms with Gasteiger partial charge in [0.05, 0.1) is 17.8 Å². The highest BCUT2D eigenvalue weighted by molar-refractivity contribution is 5.98. The maximum absolute atomic E-state index is 12.2. The second-order valence-electron chi connectivity index (χ2n) is 4.49. The number of rotatable bonds is 6. The normalized spacial score (nSPS) is 10.3. The van der Waals surface area contributed by atoms with Gasteiger partial charge in [0.1, 0.15) is 5.82 Å². The van der Waals surface area contributed by atoms with Crippen LogP contribution in [-0.2, 0) is 13.6 Å². The van der Waals surface area contributed by atoms with Gasteiger partial charge < -0.3 is 10.6 Å². The van der Waals surface area contributed by atoms with Gasteiger partial charge in [0.2, 0.25) is 0 Å². The fraction of sp³-hybridized carbons (Fsp3) is 0.357. The van der Waals surface area contributed by atoms with Crippen molar-refractivity contribution in [1.82, 2.24) is 20.1 Å². The van der Waals surface area contributed by atoms with Crippen LogP contribution in [0.15, 0.2) is 30.6 Å². The number of pyridine rings is 1. The van der Waals surface area contributed by atoms with E-state index in [4.69, 9.17) is 0 Å². The van der Waals surface area contributed by atoms with Crippen molar-refractivity contribution < 1.29 is 4.79 Å². The molecule has 6 nitrogen and oxygen atoms in total. The number of carbonyl (C=O) groups excluding carboxylic acids is 1. The molecule has 0 aliphatic carbocycles. The molecule has 2 aromatic rings. The van der Waals surface area contributed by atoms with E-state index in [1.165, 1.54) is 0 Å².